The zero-order valence-electron chi connectivity index (χ0n) is 14.9. The van der Waals surface area contributed by atoms with Crippen LogP contribution < -0.4 is 10.7 Å². The third-order valence-corrected chi connectivity index (χ3v) is 3.90. The number of hydrogen-bond donors (Lipinski definition) is 2. The van der Waals surface area contributed by atoms with Crippen molar-refractivity contribution in [2.24, 2.45) is 5.10 Å². The van der Waals surface area contributed by atoms with Gasteiger partial charge in [-0.1, -0.05) is 12.1 Å². The Morgan fingerprint density at radius 3 is 2.75 bits per heavy atom. The summed E-state index contributed by atoms with van der Waals surface area (Å²) in [5.41, 5.74) is 7.52. The van der Waals surface area contributed by atoms with Gasteiger partial charge in [-0.05, 0) is 52.3 Å². The highest BCUT2D eigenvalue weighted by molar-refractivity contribution is 5.87. The summed E-state index contributed by atoms with van der Waals surface area (Å²) < 4.78 is 1.92. The highest BCUT2D eigenvalue weighted by Crippen LogP contribution is 2.11. The number of hydrogen-bond acceptors (Lipinski definition) is 4. The molecular weight excluding hydrogens is 302 g/mol. The molecule has 0 spiro atoms. The summed E-state index contributed by atoms with van der Waals surface area (Å²) in [6, 6.07) is 7.52. The van der Waals surface area contributed by atoms with Gasteiger partial charge in [0.25, 0.3) is 5.91 Å². The number of aryl methyl sites for hydroxylation is 3. The minimum absolute atomic E-state index is 0.189. The first-order valence-corrected chi connectivity index (χ1v) is 8.12. The molecule has 128 valence electrons. The fourth-order valence-electron chi connectivity index (χ4n) is 2.51. The highest BCUT2D eigenvalue weighted by Gasteiger charge is 2.12. The molecule has 1 amide bonds. The van der Waals surface area contributed by atoms with E-state index < -0.39 is 0 Å². The van der Waals surface area contributed by atoms with E-state index in [1.54, 1.807) is 13.1 Å². The van der Waals surface area contributed by atoms with E-state index in [1.807, 2.05) is 56.6 Å². The van der Waals surface area contributed by atoms with Gasteiger partial charge in [0.05, 0.1) is 11.9 Å². The summed E-state index contributed by atoms with van der Waals surface area (Å²) in [4.78, 5) is 12.1. The number of carbonyl (C=O) groups excluding carboxylic acids is 1. The largest absolute Gasteiger partial charge is 0.374 e. The number of nitrogens with one attached hydrogen (secondary N) is 2. The molecule has 2 N–H and O–H groups in total. The first-order chi connectivity index (χ1) is 11.4. The summed E-state index contributed by atoms with van der Waals surface area (Å²) in [7, 11) is 0. The monoisotopic (exact) mass is 327 g/mol. The highest BCUT2D eigenvalue weighted by atomic mass is 16.2. The zero-order valence-corrected chi connectivity index (χ0v) is 14.9. The number of nitrogens with zero attached hydrogens (tertiary/aromatic N) is 3. The number of rotatable bonds is 6. The Morgan fingerprint density at radius 2 is 2.12 bits per heavy atom. The van der Waals surface area contributed by atoms with Crippen LogP contribution in [0.1, 0.15) is 36.4 Å². The molecule has 24 heavy (non-hydrogen) atoms. The molecule has 0 aliphatic carbocycles. The van der Waals surface area contributed by atoms with Crippen LogP contribution in [-0.4, -0.2) is 27.9 Å². The smallest absolute Gasteiger partial charge is 0.262 e. The molecule has 0 fully saturated rings. The Morgan fingerprint density at radius 1 is 1.38 bits per heavy atom. The number of benzene rings is 1. The molecular formula is C18H25N5O. The van der Waals surface area contributed by atoms with Gasteiger partial charge in [-0.15, -0.1) is 0 Å². The van der Waals surface area contributed by atoms with Crippen LogP contribution in [0.2, 0.25) is 0 Å². The SMILES string of the molecule is CCn1nc(C)c(/C=N\NC(=O)[C@@H](C)Nc2cccc(C)c2)c1C. The van der Waals surface area contributed by atoms with Crippen LogP contribution in [-0.2, 0) is 11.3 Å². The first kappa shape index (κ1) is 17.7. The summed E-state index contributed by atoms with van der Waals surface area (Å²) >= 11 is 0. The predicted octanol–water partition coefficient (Wildman–Crippen LogP) is 2.78. The lowest BCUT2D eigenvalue weighted by atomic mass is 10.2. The summed E-state index contributed by atoms with van der Waals surface area (Å²) in [5, 5.41) is 11.7. The molecule has 1 aromatic carbocycles. The van der Waals surface area contributed by atoms with Gasteiger partial charge in [0, 0.05) is 23.5 Å². The molecule has 0 aliphatic rings. The van der Waals surface area contributed by atoms with Gasteiger partial charge >= 0.3 is 0 Å². The Bertz CT molecular complexity index is 748. The molecule has 0 saturated carbocycles. The van der Waals surface area contributed by atoms with Crippen molar-refractivity contribution in [1.29, 1.82) is 0 Å². The first-order valence-electron chi connectivity index (χ1n) is 8.12. The Hall–Kier alpha value is -2.63. The van der Waals surface area contributed by atoms with Crippen molar-refractivity contribution in [3.63, 3.8) is 0 Å². The second kappa shape index (κ2) is 7.77. The van der Waals surface area contributed by atoms with Crippen molar-refractivity contribution in [2.75, 3.05) is 5.32 Å². The molecule has 6 heteroatoms. The maximum absolute atomic E-state index is 12.1. The molecule has 1 aromatic heterocycles. The maximum atomic E-state index is 12.1. The van der Waals surface area contributed by atoms with Crippen molar-refractivity contribution in [2.45, 2.75) is 47.2 Å². The van der Waals surface area contributed by atoms with Gasteiger partial charge in [-0.25, -0.2) is 5.43 Å². The van der Waals surface area contributed by atoms with Crippen LogP contribution in [0.3, 0.4) is 0 Å². The topological polar surface area (TPSA) is 71.3 Å². The van der Waals surface area contributed by atoms with Crippen molar-refractivity contribution >= 4 is 17.8 Å². The van der Waals surface area contributed by atoms with Crippen LogP contribution in [0.25, 0.3) is 0 Å². The van der Waals surface area contributed by atoms with E-state index in [2.05, 4.69) is 20.9 Å². The minimum atomic E-state index is -0.385. The van der Waals surface area contributed by atoms with Gasteiger partial charge in [-0.2, -0.15) is 10.2 Å². The molecule has 0 unspecified atom stereocenters. The fourth-order valence-corrected chi connectivity index (χ4v) is 2.51. The molecule has 0 aliphatic heterocycles. The molecule has 0 saturated heterocycles. The van der Waals surface area contributed by atoms with E-state index in [4.69, 9.17) is 0 Å². The second-order valence-corrected chi connectivity index (χ2v) is 5.87. The Kier molecular flexibility index (Phi) is 5.73. The van der Waals surface area contributed by atoms with E-state index in [0.29, 0.717) is 0 Å². The quantitative estimate of drug-likeness (QED) is 0.633. The van der Waals surface area contributed by atoms with E-state index in [0.717, 1.165) is 34.7 Å². The molecule has 1 heterocycles. The van der Waals surface area contributed by atoms with E-state index in [9.17, 15) is 4.79 Å². The lowest BCUT2D eigenvalue weighted by Crippen LogP contribution is -2.34. The lowest BCUT2D eigenvalue weighted by molar-refractivity contribution is -0.121. The van der Waals surface area contributed by atoms with Gasteiger partial charge in [0.2, 0.25) is 0 Å². The van der Waals surface area contributed by atoms with Crippen LogP contribution in [0, 0.1) is 20.8 Å². The van der Waals surface area contributed by atoms with Gasteiger partial charge in [0.1, 0.15) is 6.04 Å². The number of anilines is 1. The van der Waals surface area contributed by atoms with Crippen molar-refractivity contribution in [3.8, 4) is 0 Å². The van der Waals surface area contributed by atoms with Crippen LogP contribution in [0.15, 0.2) is 29.4 Å². The summed E-state index contributed by atoms with van der Waals surface area (Å²) in [5.74, 6) is -0.189. The maximum Gasteiger partial charge on any atom is 0.262 e. The molecule has 6 nitrogen and oxygen atoms in total. The van der Waals surface area contributed by atoms with Crippen LogP contribution in [0.4, 0.5) is 5.69 Å². The minimum Gasteiger partial charge on any atom is -0.374 e. The van der Waals surface area contributed by atoms with Crippen molar-refractivity contribution in [3.05, 3.63) is 46.8 Å². The average Bonchev–Trinajstić information content (AvgIpc) is 2.82. The summed E-state index contributed by atoms with van der Waals surface area (Å²) in [6.07, 6.45) is 1.65. The fraction of sp³-hybridized carbons (Fsp3) is 0.389. The second-order valence-electron chi connectivity index (χ2n) is 5.87. The van der Waals surface area contributed by atoms with E-state index >= 15 is 0 Å². The van der Waals surface area contributed by atoms with E-state index in [-0.39, 0.29) is 11.9 Å². The Labute approximate surface area is 143 Å². The zero-order chi connectivity index (χ0) is 17.7. The van der Waals surface area contributed by atoms with Crippen molar-refractivity contribution < 1.29 is 4.79 Å². The molecule has 0 bridgehead atoms. The number of amides is 1. The lowest BCUT2D eigenvalue weighted by Gasteiger charge is -2.13. The van der Waals surface area contributed by atoms with Gasteiger partial charge < -0.3 is 5.32 Å². The van der Waals surface area contributed by atoms with Crippen LogP contribution in [0.5, 0.6) is 0 Å². The normalized spacial score (nSPS) is 12.4. The predicted molar refractivity (Wildman–Crippen MR) is 97.4 cm³/mol. The number of aromatic nitrogens is 2. The van der Waals surface area contributed by atoms with Gasteiger partial charge in [-0.3, -0.25) is 9.48 Å². The third kappa shape index (κ3) is 4.22. The molecule has 2 rings (SSSR count). The van der Waals surface area contributed by atoms with Crippen molar-refractivity contribution in [1.82, 2.24) is 15.2 Å². The number of hydrazone groups is 1. The van der Waals surface area contributed by atoms with E-state index in [1.165, 1.54) is 0 Å². The Balaban J connectivity index is 1.96. The van der Waals surface area contributed by atoms with Crippen LogP contribution >= 0.6 is 0 Å². The van der Waals surface area contributed by atoms with Gasteiger partial charge in [0.15, 0.2) is 0 Å². The molecule has 2 aromatic rings. The standard InChI is InChI=1S/C18H25N5O/c1-6-23-15(5)17(13(3)22-23)11-19-21-18(24)14(4)20-16-9-7-8-12(2)10-16/h7-11,14,20H,6H2,1-5H3,(H,21,24)/b19-11-/t14-/m1/s1. The average molecular weight is 327 g/mol. The molecule has 0 radical (unpaired) electrons. The molecule has 1 atom stereocenters. The summed E-state index contributed by atoms with van der Waals surface area (Å²) in [6.45, 7) is 10.6. The third-order valence-electron chi connectivity index (χ3n) is 3.90. The number of carbonyl (C=O) groups is 1.